The topological polar surface area (TPSA) is 242 Å². The average molecular weight is 645 g/mol. The first kappa shape index (κ1) is 34.7. The molecule has 0 aliphatic carbocycles. The Labute approximate surface area is 257 Å². The van der Waals surface area contributed by atoms with Gasteiger partial charge in [0.2, 0.25) is 0 Å². The summed E-state index contributed by atoms with van der Waals surface area (Å²) in [6, 6.07) is 20.1. The molecule has 44 heavy (non-hydrogen) atoms. The summed E-state index contributed by atoms with van der Waals surface area (Å²) in [6.07, 6.45) is 3.59. The maximum Gasteiger partial charge on any atom is 0.275 e. The summed E-state index contributed by atoms with van der Waals surface area (Å²) in [4.78, 5) is 20.8. The number of nitrogens with one attached hydrogen (secondary N) is 2. The van der Waals surface area contributed by atoms with Gasteiger partial charge in [0.1, 0.15) is 5.69 Å². The number of aromatic amines is 1. The summed E-state index contributed by atoms with van der Waals surface area (Å²) in [5, 5.41) is 35.7. The summed E-state index contributed by atoms with van der Waals surface area (Å²) in [5.74, 6) is 0.777. The molecule has 0 spiro atoms. The van der Waals surface area contributed by atoms with E-state index in [1.165, 1.54) is 11.8 Å². The third-order valence-corrected chi connectivity index (χ3v) is 7.15. The van der Waals surface area contributed by atoms with E-state index in [9.17, 15) is 13.2 Å². The van der Waals surface area contributed by atoms with Gasteiger partial charge in [0.05, 0.1) is 42.6 Å². The molecule has 0 amide bonds. The molecule has 0 fully saturated rings. The SMILES string of the molecule is CS(=O)(=O)O.N=C(N)SCCCn1cc(-c2nc3cc4ccccc4cc3[nH]c2=O)c2ccccc21.NC(CO)(CO)CO. The Kier molecular flexibility index (Phi) is 12.0. The standard InChI is InChI=1S/C24H21N5OS.C4H11NO3.CH4O3S/c25-24(26)31-11-5-10-29-14-18(17-8-3-4-9-21(17)29)22-23(30)28-20-13-16-7-2-1-6-15(16)12-19(20)27-22;5-4(1-6,2-7)3-8;1-5(2,3)4/h1-4,6-9,12-14H,5,10-11H2,(H3,25,26)(H,28,30);6-8H,1-3,5H2;1H3,(H,2,3,4). The van der Waals surface area contributed by atoms with Crippen LogP contribution in [0.4, 0.5) is 0 Å². The van der Waals surface area contributed by atoms with E-state index >= 15 is 0 Å². The minimum absolute atomic E-state index is 0.137. The van der Waals surface area contributed by atoms with Crippen LogP contribution in [-0.2, 0) is 16.7 Å². The number of thioether (sulfide) groups is 1. The monoisotopic (exact) mass is 644 g/mol. The number of amidine groups is 1. The van der Waals surface area contributed by atoms with E-state index in [0.29, 0.717) is 11.9 Å². The minimum Gasteiger partial charge on any atom is -0.394 e. The molecular formula is C29H36N6O7S2. The molecule has 0 saturated carbocycles. The molecule has 0 atom stereocenters. The Morgan fingerprint density at radius 2 is 1.61 bits per heavy atom. The van der Waals surface area contributed by atoms with Crippen LogP contribution in [0.2, 0.25) is 0 Å². The summed E-state index contributed by atoms with van der Waals surface area (Å²) in [5.41, 5.74) is 13.0. The fourth-order valence-electron chi connectivity index (χ4n) is 4.14. The molecule has 0 bridgehead atoms. The van der Waals surface area contributed by atoms with E-state index < -0.39 is 35.5 Å². The molecule has 0 unspecified atom stereocenters. The first-order chi connectivity index (χ1) is 20.8. The second-order valence-electron chi connectivity index (χ2n) is 10.0. The number of H-pyrrole nitrogens is 1. The first-order valence-electron chi connectivity index (χ1n) is 13.3. The van der Waals surface area contributed by atoms with Crippen molar-refractivity contribution < 1.29 is 28.3 Å². The first-order valence-corrected chi connectivity index (χ1v) is 16.1. The Morgan fingerprint density at radius 1 is 1.05 bits per heavy atom. The molecule has 15 heteroatoms. The van der Waals surface area contributed by atoms with Crippen molar-refractivity contribution in [2.75, 3.05) is 31.8 Å². The van der Waals surface area contributed by atoms with Crippen molar-refractivity contribution >= 4 is 59.8 Å². The van der Waals surface area contributed by atoms with Gasteiger partial charge in [-0.15, -0.1) is 0 Å². The number of nitrogens with zero attached hydrogens (tertiary/aromatic N) is 2. The predicted molar refractivity (Wildman–Crippen MR) is 175 cm³/mol. The molecule has 10 N–H and O–H groups in total. The number of aliphatic hydroxyl groups excluding tert-OH is 3. The highest BCUT2D eigenvalue weighted by Crippen LogP contribution is 2.29. The summed E-state index contributed by atoms with van der Waals surface area (Å²) in [7, 11) is -3.67. The van der Waals surface area contributed by atoms with Crippen LogP contribution in [0.25, 0.3) is 44.0 Å². The van der Waals surface area contributed by atoms with Crippen molar-refractivity contribution in [1.29, 1.82) is 5.41 Å². The van der Waals surface area contributed by atoms with Crippen molar-refractivity contribution in [3.05, 3.63) is 77.2 Å². The van der Waals surface area contributed by atoms with E-state index in [1.54, 1.807) is 0 Å². The van der Waals surface area contributed by atoms with E-state index in [-0.39, 0.29) is 10.7 Å². The lowest BCUT2D eigenvalue weighted by atomic mass is 10.1. The van der Waals surface area contributed by atoms with Gasteiger partial charge in [-0.25, -0.2) is 4.98 Å². The molecule has 0 aliphatic rings. The number of benzene rings is 3. The molecule has 3 aromatic carbocycles. The van der Waals surface area contributed by atoms with Crippen LogP contribution in [0.15, 0.2) is 71.7 Å². The van der Waals surface area contributed by atoms with Crippen LogP contribution in [0, 0.1) is 5.41 Å². The van der Waals surface area contributed by atoms with E-state index in [0.717, 1.165) is 57.0 Å². The molecule has 2 aromatic heterocycles. The minimum atomic E-state index is -3.67. The van der Waals surface area contributed by atoms with Crippen molar-refractivity contribution in [3.8, 4) is 11.3 Å². The lowest BCUT2D eigenvalue weighted by Gasteiger charge is -2.20. The van der Waals surface area contributed by atoms with Crippen molar-refractivity contribution in [1.82, 2.24) is 14.5 Å². The molecule has 13 nitrogen and oxygen atoms in total. The summed E-state index contributed by atoms with van der Waals surface area (Å²) >= 11 is 1.34. The molecule has 0 aliphatic heterocycles. The largest absolute Gasteiger partial charge is 0.394 e. The summed E-state index contributed by atoms with van der Waals surface area (Å²) < 4.78 is 28.0. The van der Waals surface area contributed by atoms with Crippen LogP contribution in [0.1, 0.15) is 6.42 Å². The lowest BCUT2D eigenvalue weighted by Crippen LogP contribution is -2.50. The number of rotatable bonds is 8. The highest BCUT2D eigenvalue weighted by atomic mass is 32.2. The van der Waals surface area contributed by atoms with Gasteiger partial charge in [-0.05, 0) is 35.4 Å². The number of aromatic nitrogens is 3. The number of fused-ring (bicyclic) bond motifs is 3. The zero-order valence-corrected chi connectivity index (χ0v) is 25.6. The van der Waals surface area contributed by atoms with E-state index in [1.807, 2.05) is 60.8 Å². The highest BCUT2D eigenvalue weighted by Gasteiger charge is 2.20. The molecule has 0 saturated heterocycles. The number of aryl methyl sites for hydroxylation is 1. The predicted octanol–water partition coefficient (Wildman–Crippen LogP) is 1.88. The van der Waals surface area contributed by atoms with Crippen molar-refractivity contribution in [3.63, 3.8) is 0 Å². The maximum atomic E-state index is 13.0. The van der Waals surface area contributed by atoms with Gasteiger partial charge in [-0.2, -0.15) is 8.42 Å². The van der Waals surface area contributed by atoms with Gasteiger partial charge in [-0.1, -0.05) is 54.2 Å². The molecule has 236 valence electrons. The number of hydrogen-bond donors (Lipinski definition) is 8. The zero-order valence-electron chi connectivity index (χ0n) is 24.0. The van der Waals surface area contributed by atoms with Gasteiger partial charge in [0.25, 0.3) is 15.7 Å². The zero-order chi connectivity index (χ0) is 32.5. The van der Waals surface area contributed by atoms with Crippen LogP contribution < -0.4 is 17.0 Å². The third-order valence-electron chi connectivity index (χ3n) is 6.35. The quantitative estimate of drug-likeness (QED) is 0.0399. The van der Waals surface area contributed by atoms with Gasteiger partial charge in [0, 0.05) is 35.0 Å². The van der Waals surface area contributed by atoms with Crippen molar-refractivity contribution in [2.45, 2.75) is 18.5 Å². The number of hydrogen-bond acceptors (Lipinski definition) is 10. The summed E-state index contributed by atoms with van der Waals surface area (Å²) in [6.45, 7) is -0.434. The highest BCUT2D eigenvalue weighted by molar-refractivity contribution is 8.13. The van der Waals surface area contributed by atoms with Gasteiger partial charge < -0.3 is 36.3 Å². The lowest BCUT2D eigenvalue weighted by molar-refractivity contribution is 0.0697. The smallest absolute Gasteiger partial charge is 0.275 e. The van der Waals surface area contributed by atoms with Crippen molar-refractivity contribution in [2.24, 2.45) is 11.5 Å². The fraction of sp³-hybridized carbons (Fsp3) is 0.276. The molecule has 2 heterocycles. The Hall–Kier alpha value is -3.83. The number of aliphatic hydroxyl groups is 3. The Morgan fingerprint density at radius 3 is 2.18 bits per heavy atom. The Balaban J connectivity index is 0.000000344. The number of para-hydroxylation sites is 1. The second-order valence-corrected chi connectivity index (χ2v) is 12.6. The van der Waals surface area contributed by atoms with E-state index in [4.69, 9.17) is 41.7 Å². The molecule has 5 rings (SSSR count). The molecular weight excluding hydrogens is 608 g/mol. The molecule has 0 radical (unpaired) electrons. The van der Waals surface area contributed by atoms with Gasteiger partial charge >= 0.3 is 0 Å². The van der Waals surface area contributed by atoms with Crippen LogP contribution in [0.3, 0.4) is 0 Å². The van der Waals surface area contributed by atoms with Crippen LogP contribution in [0.5, 0.6) is 0 Å². The number of nitrogens with two attached hydrogens (primary N) is 2. The average Bonchev–Trinajstić information content (AvgIpc) is 3.35. The normalized spacial score (nSPS) is 11.6. The van der Waals surface area contributed by atoms with Gasteiger partial charge in [0.15, 0.2) is 5.17 Å². The Bertz CT molecular complexity index is 1890. The van der Waals surface area contributed by atoms with Crippen LogP contribution in [-0.4, -0.2) is 85.4 Å². The maximum absolute atomic E-state index is 13.0. The fourth-order valence-corrected chi connectivity index (χ4v) is 4.64. The van der Waals surface area contributed by atoms with Gasteiger partial charge in [-0.3, -0.25) is 14.8 Å². The third kappa shape index (κ3) is 9.59. The molecule has 5 aromatic rings. The van der Waals surface area contributed by atoms with E-state index in [2.05, 4.69) is 15.6 Å². The van der Waals surface area contributed by atoms with Crippen LogP contribution >= 0.6 is 11.8 Å². The second kappa shape index (κ2) is 15.3.